The fourth-order valence-electron chi connectivity index (χ4n) is 2.89. The first-order valence-electron chi connectivity index (χ1n) is 9.68. The van der Waals surface area contributed by atoms with E-state index in [1.54, 1.807) is 50.2 Å². The highest BCUT2D eigenvalue weighted by Crippen LogP contribution is 2.22. The van der Waals surface area contributed by atoms with E-state index in [4.69, 9.17) is 18.7 Å². The molecule has 3 aromatic rings. The molecule has 1 amide bonds. The van der Waals surface area contributed by atoms with Crippen molar-refractivity contribution in [3.8, 4) is 5.75 Å². The number of para-hydroxylation sites is 2. The molecule has 2 aromatic carbocycles. The molecule has 0 spiro atoms. The van der Waals surface area contributed by atoms with Crippen molar-refractivity contribution in [2.75, 3.05) is 19.0 Å². The minimum absolute atomic E-state index is 0.163. The minimum Gasteiger partial charge on any atom is -0.488 e. The van der Waals surface area contributed by atoms with E-state index >= 15 is 0 Å². The molecule has 1 aromatic heterocycles. The third-order valence-electron chi connectivity index (χ3n) is 4.60. The zero-order chi connectivity index (χ0) is 23.1. The number of anilines is 1. The number of aryl methyl sites for hydroxylation is 2. The molecule has 0 aliphatic heterocycles. The molecule has 32 heavy (non-hydrogen) atoms. The maximum atomic E-state index is 12.6. The molecular weight excluding hydrogens is 416 g/mol. The average Bonchev–Trinajstić information content (AvgIpc) is 3.13. The van der Waals surface area contributed by atoms with Crippen molar-refractivity contribution in [3.05, 3.63) is 76.7 Å². The van der Waals surface area contributed by atoms with E-state index in [9.17, 15) is 14.4 Å². The minimum atomic E-state index is -0.726. The fraction of sp³-hybridized carbons (Fsp3) is 0.217. The number of amides is 1. The standard InChI is InChI=1S/C23H22N2O7/c1-14-18(15(2)32-25-14)12-30-20-11-7-5-9-17(20)23(28)31-13-21(26)24-19-10-6-4-8-16(19)22(27)29-3/h4-11H,12-13H2,1-3H3,(H,24,26). The molecule has 0 unspecified atom stereocenters. The van der Waals surface area contributed by atoms with Gasteiger partial charge in [-0.25, -0.2) is 9.59 Å². The third-order valence-corrected chi connectivity index (χ3v) is 4.60. The smallest absolute Gasteiger partial charge is 0.342 e. The van der Waals surface area contributed by atoms with Crippen LogP contribution in [0.4, 0.5) is 5.69 Å². The predicted molar refractivity (Wildman–Crippen MR) is 113 cm³/mol. The second-order valence-electron chi connectivity index (χ2n) is 6.75. The molecule has 0 aliphatic rings. The lowest BCUT2D eigenvalue weighted by molar-refractivity contribution is -0.119. The van der Waals surface area contributed by atoms with Gasteiger partial charge in [0, 0.05) is 0 Å². The summed E-state index contributed by atoms with van der Waals surface area (Å²) in [7, 11) is 1.24. The van der Waals surface area contributed by atoms with Crippen molar-refractivity contribution in [1.82, 2.24) is 5.16 Å². The predicted octanol–water partition coefficient (Wildman–Crippen LogP) is 3.45. The number of esters is 2. The molecule has 9 heteroatoms. The number of benzene rings is 2. The molecule has 9 nitrogen and oxygen atoms in total. The molecule has 1 N–H and O–H groups in total. The van der Waals surface area contributed by atoms with Crippen LogP contribution in [-0.2, 0) is 20.9 Å². The topological polar surface area (TPSA) is 117 Å². The lowest BCUT2D eigenvalue weighted by atomic mass is 10.2. The summed E-state index contributed by atoms with van der Waals surface area (Å²) >= 11 is 0. The van der Waals surface area contributed by atoms with Crippen molar-refractivity contribution in [2.24, 2.45) is 0 Å². The molecule has 166 valence electrons. The number of nitrogens with zero attached hydrogens (tertiary/aromatic N) is 1. The number of aromatic nitrogens is 1. The number of methoxy groups -OCH3 is 1. The summed E-state index contributed by atoms with van der Waals surface area (Å²) in [5.74, 6) is -0.998. The van der Waals surface area contributed by atoms with Crippen LogP contribution in [-0.4, -0.2) is 36.7 Å². The highest BCUT2D eigenvalue weighted by atomic mass is 16.5. The summed E-state index contributed by atoms with van der Waals surface area (Å²) in [6, 6.07) is 12.9. The SMILES string of the molecule is COC(=O)c1ccccc1NC(=O)COC(=O)c1ccccc1OCc1c(C)noc1C. The Labute approximate surface area is 184 Å². The number of rotatable bonds is 8. The zero-order valence-corrected chi connectivity index (χ0v) is 17.8. The first-order chi connectivity index (χ1) is 15.4. The molecular formula is C23H22N2O7. The van der Waals surface area contributed by atoms with Gasteiger partial charge in [-0.2, -0.15) is 0 Å². The van der Waals surface area contributed by atoms with Crippen LogP contribution in [0.3, 0.4) is 0 Å². The highest BCUT2D eigenvalue weighted by molar-refractivity contribution is 6.02. The van der Waals surface area contributed by atoms with Gasteiger partial charge in [0.05, 0.1) is 29.6 Å². The lowest BCUT2D eigenvalue weighted by Gasteiger charge is -2.12. The second-order valence-corrected chi connectivity index (χ2v) is 6.75. The molecule has 0 radical (unpaired) electrons. The summed E-state index contributed by atoms with van der Waals surface area (Å²) in [5, 5.41) is 6.41. The number of carbonyl (C=O) groups is 3. The van der Waals surface area contributed by atoms with Crippen molar-refractivity contribution >= 4 is 23.5 Å². The van der Waals surface area contributed by atoms with Crippen LogP contribution >= 0.6 is 0 Å². The van der Waals surface area contributed by atoms with Gasteiger partial charge < -0.3 is 24.1 Å². The van der Waals surface area contributed by atoms with Gasteiger partial charge in [-0.05, 0) is 38.1 Å². The lowest BCUT2D eigenvalue weighted by Crippen LogP contribution is -2.22. The average molecular weight is 438 g/mol. The summed E-state index contributed by atoms with van der Waals surface area (Å²) in [6.07, 6.45) is 0. The Bertz CT molecular complexity index is 1120. The Balaban J connectivity index is 1.62. The molecule has 3 rings (SSSR count). The second kappa shape index (κ2) is 10.3. The van der Waals surface area contributed by atoms with Crippen LogP contribution in [0.5, 0.6) is 5.75 Å². The summed E-state index contributed by atoms with van der Waals surface area (Å²) in [5.41, 5.74) is 2.10. The molecule has 0 fully saturated rings. The Hall–Kier alpha value is -4.14. The molecule has 0 saturated heterocycles. The number of hydrogen-bond donors (Lipinski definition) is 1. The van der Waals surface area contributed by atoms with Crippen LogP contribution in [0.25, 0.3) is 0 Å². The summed E-state index contributed by atoms with van der Waals surface area (Å²) in [6.45, 7) is 3.19. The molecule has 1 heterocycles. The quantitative estimate of drug-likeness (QED) is 0.532. The van der Waals surface area contributed by atoms with E-state index in [0.29, 0.717) is 17.2 Å². The Morgan fingerprint density at radius 3 is 2.34 bits per heavy atom. The van der Waals surface area contributed by atoms with Crippen LogP contribution in [0, 0.1) is 13.8 Å². The highest BCUT2D eigenvalue weighted by Gasteiger charge is 2.18. The third kappa shape index (κ3) is 5.31. The monoisotopic (exact) mass is 438 g/mol. The van der Waals surface area contributed by atoms with E-state index in [-0.39, 0.29) is 23.4 Å². The van der Waals surface area contributed by atoms with Crippen molar-refractivity contribution in [1.29, 1.82) is 0 Å². The largest absolute Gasteiger partial charge is 0.488 e. The van der Waals surface area contributed by atoms with E-state index in [2.05, 4.69) is 10.5 Å². The Morgan fingerprint density at radius 2 is 1.66 bits per heavy atom. The van der Waals surface area contributed by atoms with Crippen LogP contribution < -0.4 is 10.1 Å². The number of ether oxygens (including phenoxy) is 3. The van der Waals surface area contributed by atoms with Crippen molar-refractivity contribution < 1.29 is 33.1 Å². The normalized spacial score (nSPS) is 10.3. The summed E-state index contributed by atoms with van der Waals surface area (Å²) < 4.78 is 20.7. The van der Waals surface area contributed by atoms with Gasteiger partial charge in [0.2, 0.25) is 0 Å². The summed E-state index contributed by atoms with van der Waals surface area (Å²) in [4.78, 5) is 36.6. The van der Waals surface area contributed by atoms with E-state index in [1.807, 2.05) is 0 Å². The van der Waals surface area contributed by atoms with E-state index in [0.717, 1.165) is 5.56 Å². The van der Waals surface area contributed by atoms with Gasteiger partial charge >= 0.3 is 11.9 Å². The van der Waals surface area contributed by atoms with Crippen molar-refractivity contribution in [3.63, 3.8) is 0 Å². The zero-order valence-electron chi connectivity index (χ0n) is 17.8. The van der Waals surface area contributed by atoms with Gasteiger partial charge in [0.25, 0.3) is 5.91 Å². The van der Waals surface area contributed by atoms with Crippen molar-refractivity contribution in [2.45, 2.75) is 20.5 Å². The number of carbonyl (C=O) groups excluding carboxylic acids is 3. The van der Waals surface area contributed by atoms with Gasteiger partial charge in [0.15, 0.2) is 6.61 Å². The Morgan fingerprint density at radius 1 is 0.969 bits per heavy atom. The maximum Gasteiger partial charge on any atom is 0.342 e. The molecule has 0 saturated carbocycles. The number of nitrogens with one attached hydrogen (secondary N) is 1. The van der Waals surface area contributed by atoms with Crippen LogP contribution in [0.2, 0.25) is 0 Å². The Kier molecular flexibility index (Phi) is 7.22. The maximum absolute atomic E-state index is 12.6. The first kappa shape index (κ1) is 22.5. The van der Waals surface area contributed by atoms with Gasteiger partial charge in [-0.15, -0.1) is 0 Å². The van der Waals surface area contributed by atoms with Gasteiger partial charge in [-0.3, -0.25) is 4.79 Å². The van der Waals surface area contributed by atoms with Gasteiger partial charge in [-0.1, -0.05) is 29.4 Å². The molecule has 0 bridgehead atoms. The number of hydrogen-bond acceptors (Lipinski definition) is 8. The van der Waals surface area contributed by atoms with E-state index in [1.165, 1.54) is 19.2 Å². The van der Waals surface area contributed by atoms with Crippen LogP contribution in [0.15, 0.2) is 53.1 Å². The fourth-order valence-corrected chi connectivity index (χ4v) is 2.89. The van der Waals surface area contributed by atoms with E-state index < -0.39 is 24.5 Å². The first-order valence-corrected chi connectivity index (χ1v) is 9.68. The molecule has 0 atom stereocenters. The van der Waals surface area contributed by atoms with Crippen LogP contribution in [0.1, 0.15) is 37.7 Å². The molecule has 0 aliphatic carbocycles. The van der Waals surface area contributed by atoms with Gasteiger partial charge in [0.1, 0.15) is 23.7 Å².